The van der Waals surface area contributed by atoms with Gasteiger partial charge in [-0.25, -0.2) is 9.83 Å². The monoisotopic (exact) mass is 366 g/mol. The SMILES string of the molecule is [C-]#[N+]c1ccc(Nc2nc3c(C=O)cnn3c(NC3CC3)c2C)c(Cl)c1. The number of carbonyl (C=O) groups excluding carboxylic acids is 1. The molecule has 0 aliphatic heterocycles. The molecule has 1 fully saturated rings. The number of benzene rings is 1. The van der Waals surface area contributed by atoms with E-state index in [1.54, 1.807) is 22.7 Å². The summed E-state index contributed by atoms with van der Waals surface area (Å²) in [5, 5.41) is 11.4. The van der Waals surface area contributed by atoms with E-state index in [9.17, 15) is 4.79 Å². The van der Waals surface area contributed by atoms with E-state index in [0.29, 0.717) is 39.5 Å². The minimum atomic E-state index is 0.414. The average Bonchev–Trinajstić information content (AvgIpc) is 3.37. The number of fused-ring (bicyclic) bond motifs is 1. The predicted octanol–water partition coefficient (Wildman–Crippen LogP) is 4.37. The molecule has 1 saturated carbocycles. The first-order valence-corrected chi connectivity index (χ1v) is 8.52. The summed E-state index contributed by atoms with van der Waals surface area (Å²) >= 11 is 6.28. The van der Waals surface area contributed by atoms with Gasteiger partial charge in [0, 0.05) is 11.6 Å². The first-order chi connectivity index (χ1) is 12.6. The van der Waals surface area contributed by atoms with Crippen LogP contribution in [0.25, 0.3) is 10.5 Å². The first kappa shape index (κ1) is 16.4. The molecule has 2 aromatic heterocycles. The van der Waals surface area contributed by atoms with Crippen molar-refractivity contribution in [2.24, 2.45) is 0 Å². The third kappa shape index (κ3) is 2.85. The van der Waals surface area contributed by atoms with Crippen molar-refractivity contribution >= 4 is 46.5 Å². The molecule has 0 spiro atoms. The Hall–Kier alpha value is -3.11. The number of aromatic nitrogens is 3. The second-order valence-corrected chi connectivity index (χ2v) is 6.61. The highest BCUT2D eigenvalue weighted by Gasteiger charge is 2.25. The zero-order chi connectivity index (χ0) is 18.3. The number of halogens is 1. The molecule has 0 saturated heterocycles. The smallest absolute Gasteiger partial charge is 0.188 e. The lowest BCUT2D eigenvalue weighted by Gasteiger charge is -2.16. The minimum absolute atomic E-state index is 0.414. The Morgan fingerprint density at radius 2 is 2.23 bits per heavy atom. The molecule has 26 heavy (non-hydrogen) atoms. The van der Waals surface area contributed by atoms with Gasteiger partial charge in [-0.3, -0.25) is 4.79 Å². The van der Waals surface area contributed by atoms with E-state index < -0.39 is 0 Å². The van der Waals surface area contributed by atoms with Gasteiger partial charge in [0.05, 0.1) is 29.0 Å². The molecule has 0 bridgehead atoms. The molecule has 0 radical (unpaired) electrons. The van der Waals surface area contributed by atoms with Crippen molar-refractivity contribution in [3.05, 3.63) is 52.0 Å². The highest BCUT2D eigenvalue weighted by atomic mass is 35.5. The van der Waals surface area contributed by atoms with E-state index in [4.69, 9.17) is 18.2 Å². The number of hydrogen-bond acceptors (Lipinski definition) is 5. The lowest BCUT2D eigenvalue weighted by atomic mass is 10.2. The van der Waals surface area contributed by atoms with Crippen LogP contribution in [0.2, 0.25) is 5.02 Å². The summed E-state index contributed by atoms with van der Waals surface area (Å²) in [4.78, 5) is 19.3. The fourth-order valence-corrected chi connectivity index (χ4v) is 2.91. The van der Waals surface area contributed by atoms with Gasteiger partial charge in [0.25, 0.3) is 0 Å². The number of aldehydes is 1. The Labute approximate surface area is 154 Å². The van der Waals surface area contributed by atoms with Crippen LogP contribution in [0.15, 0.2) is 24.4 Å². The van der Waals surface area contributed by atoms with Crippen molar-refractivity contribution < 1.29 is 4.79 Å². The Balaban J connectivity index is 1.82. The Morgan fingerprint density at radius 3 is 2.88 bits per heavy atom. The van der Waals surface area contributed by atoms with Crippen LogP contribution < -0.4 is 10.6 Å². The minimum Gasteiger partial charge on any atom is -0.367 e. The second-order valence-electron chi connectivity index (χ2n) is 6.21. The van der Waals surface area contributed by atoms with Crippen molar-refractivity contribution in [2.75, 3.05) is 10.6 Å². The van der Waals surface area contributed by atoms with Crippen molar-refractivity contribution in [1.29, 1.82) is 0 Å². The van der Waals surface area contributed by atoms with Gasteiger partial charge in [-0.1, -0.05) is 17.7 Å². The zero-order valence-corrected chi connectivity index (χ0v) is 14.7. The van der Waals surface area contributed by atoms with Crippen LogP contribution in [0, 0.1) is 13.5 Å². The van der Waals surface area contributed by atoms with Crippen LogP contribution in [-0.2, 0) is 0 Å². The van der Waals surface area contributed by atoms with Crippen LogP contribution in [0.4, 0.5) is 23.0 Å². The molecular formula is C18H15ClN6O. The fourth-order valence-electron chi connectivity index (χ4n) is 2.69. The zero-order valence-electron chi connectivity index (χ0n) is 14.0. The summed E-state index contributed by atoms with van der Waals surface area (Å²) in [6.45, 7) is 9.00. The second kappa shape index (κ2) is 6.32. The maximum atomic E-state index is 11.3. The quantitative estimate of drug-likeness (QED) is 0.518. The summed E-state index contributed by atoms with van der Waals surface area (Å²) in [7, 11) is 0. The molecule has 8 heteroatoms. The van der Waals surface area contributed by atoms with Crippen LogP contribution in [-0.4, -0.2) is 26.9 Å². The van der Waals surface area contributed by atoms with Crippen molar-refractivity contribution in [2.45, 2.75) is 25.8 Å². The van der Waals surface area contributed by atoms with Gasteiger partial charge in [0.2, 0.25) is 0 Å². The van der Waals surface area contributed by atoms with Crippen LogP contribution in [0.5, 0.6) is 0 Å². The lowest BCUT2D eigenvalue weighted by Crippen LogP contribution is -2.12. The van der Waals surface area contributed by atoms with Crippen LogP contribution in [0.3, 0.4) is 0 Å². The fraction of sp³-hybridized carbons (Fsp3) is 0.222. The van der Waals surface area contributed by atoms with E-state index in [1.807, 2.05) is 6.92 Å². The molecule has 1 aromatic carbocycles. The number of hydrogen-bond donors (Lipinski definition) is 2. The topological polar surface area (TPSA) is 75.7 Å². The summed E-state index contributed by atoms with van der Waals surface area (Å²) < 4.78 is 1.66. The van der Waals surface area contributed by atoms with Gasteiger partial charge in [-0.05, 0) is 31.9 Å². The molecule has 3 aromatic rings. The number of nitrogens with zero attached hydrogens (tertiary/aromatic N) is 4. The maximum Gasteiger partial charge on any atom is 0.188 e. The van der Waals surface area contributed by atoms with Crippen molar-refractivity contribution in [3.63, 3.8) is 0 Å². The van der Waals surface area contributed by atoms with Crippen LogP contribution >= 0.6 is 11.6 Å². The molecule has 130 valence electrons. The number of nitrogens with one attached hydrogen (secondary N) is 2. The Morgan fingerprint density at radius 1 is 1.42 bits per heavy atom. The number of anilines is 3. The van der Waals surface area contributed by atoms with Gasteiger partial charge in [-0.2, -0.15) is 9.61 Å². The molecule has 1 aliphatic rings. The number of carbonyl (C=O) groups is 1. The van der Waals surface area contributed by atoms with E-state index in [2.05, 4.69) is 25.6 Å². The standard InChI is InChI=1S/C18H15ClN6O/c1-10-16(23-15-6-5-13(20-2)7-14(15)19)24-18-11(9-26)8-21-25(18)17(10)22-12-3-4-12/h5-9,12,22H,3-4H2,1H3,(H,23,24). The van der Waals surface area contributed by atoms with Gasteiger partial charge < -0.3 is 10.6 Å². The third-order valence-electron chi connectivity index (χ3n) is 4.29. The molecule has 0 atom stereocenters. The summed E-state index contributed by atoms with van der Waals surface area (Å²) in [5.74, 6) is 1.39. The molecule has 4 rings (SSSR count). The molecule has 7 nitrogen and oxygen atoms in total. The summed E-state index contributed by atoms with van der Waals surface area (Å²) in [6.07, 6.45) is 4.47. The highest BCUT2D eigenvalue weighted by molar-refractivity contribution is 6.33. The molecule has 2 heterocycles. The molecule has 2 N–H and O–H groups in total. The van der Waals surface area contributed by atoms with Crippen molar-refractivity contribution in [1.82, 2.24) is 14.6 Å². The Bertz CT molecular complexity index is 1060. The van der Waals surface area contributed by atoms with Gasteiger partial charge >= 0.3 is 0 Å². The van der Waals surface area contributed by atoms with E-state index in [1.165, 1.54) is 6.20 Å². The Kier molecular flexibility index (Phi) is 3.98. The maximum absolute atomic E-state index is 11.3. The van der Waals surface area contributed by atoms with Gasteiger partial charge in [0.15, 0.2) is 17.6 Å². The van der Waals surface area contributed by atoms with Crippen molar-refractivity contribution in [3.8, 4) is 0 Å². The highest BCUT2D eigenvalue weighted by Crippen LogP contribution is 2.34. The summed E-state index contributed by atoms with van der Waals surface area (Å²) in [5.41, 5.74) is 2.88. The molecule has 1 aliphatic carbocycles. The van der Waals surface area contributed by atoms with Gasteiger partial charge in [-0.15, -0.1) is 0 Å². The molecular weight excluding hydrogens is 352 g/mol. The summed E-state index contributed by atoms with van der Waals surface area (Å²) in [6, 6.07) is 5.45. The largest absolute Gasteiger partial charge is 0.367 e. The molecule has 0 unspecified atom stereocenters. The molecule has 0 amide bonds. The third-order valence-corrected chi connectivity index (χ3v) is 4.60. The van der Waals surface area contributed by atoms with E-state index >= 15 is 0 Å². The lowest BCUT2D eigenvalue weighted by molar-refractivity contribution is 0.112. The first-order valence-electron chi connectivity index (χ1n) is 8.15. The predicted molar refractivity (Wildman–Crippen MR) is 101 cm³/mol. The van der Waals surface area contributed by atoms with E-state index in [-0.39, 0.29) is 0 Å². The number of rotatable bonds is 5. The average molecular weight is 367 g/mol. The van der Waals surface area contributed by atoms with E-state index in [0.717, 1.165) is 30.5 Å². The van der Waals surface area contributed by atoms with Crippen LogP contribution in [0.1, 0.15) is 28.8 Å². The normalized spacial score (nSPS) is 13.4. The van der Waals surface area contributed by atoms with Gasteiger partial charge in [0.1, 0.15) is 11.6 Å².